The van der Waals surface area contributed by atoms with Crippen molar-refractivity contribution in [2.75, 3.05) is 0 Å². The maximum atomic E-state index is 12.8. The van der Waals surface area contributed by atoms with Crippen molar-refractivity contribution in [2.45, 2.75) is 39.5 Å². The molecule has 0 saturated heterocycles. The van der Waals surface area contributed by atoms with Gasteiger partial charge >= 0.3 is 0 Å². The van der Waals surface area contributed by atoms with Crippen molar-refractivity contribution in [3.63, 3.8) is 0 Å². The third kappa shape index (κ3) is 5.71. The van der Waals surface area contributed by atoms with Crippen LogP contribution in [0.2, 0.25) is 0 Å². The number of aromatic hydroxyl groups is 2. The molecule has 0 heterocycles. The van der Waals surface area contributed by atoms with E-state index in [1.807, 2.05) is 44.2 Å². The molecule has 0 bridgehead atoms. The number of hydrogen-bond donors (Lipinski definition) is 2. The van der Waals surface area contributed by atoms with Crippen LogP contribution in [-0.2, 0) is 12.8 Å². The zero-order chi connectivity index (χ0) is 20.7. The smallest absolute Gasteiger partial charge is 0.189 e. The van der Waals surface area contributed by atoms with E-state index < -0.39 is 0 Å². The zero-order valence-corrected chi connectivity index (χ0v) is 16.7. The number of allylic oxidation sites excluding steroid dienone is 3. The Bertz CT molecular complexity index is 905. The molecule has 3 heteroatoms. The van der Waals surface area contributed by atoms with Gasteiger partial charge in [-0.2, -0.15) is 0 Å². The summed E-state index contributed by atoms with van der Waals surface area (Å²) in [6.07, 6.45) is 5.48. The molecule has 0 spiro atoms. The molecule has 0 saturated carbocycles. The lowest BCUT2D eigenvalue weighted by Crippen LogP contribution is -2.02. The highest BCUT2D eigenvalue weighted by atomic mass is 16.3. The highest BCUT2D eigenvalue weighted by Crippen LogP contribution is 2.37. The van der Waals surface area contributed by atoms with E-state index in [2.05, 4.69) is 13.2 Å². The number of carbonyl (C=O) groups excluding carboxylic acids is 1. The van der Waals surface area contributed by atoms with Gasteiger partial charge in [0.1, 0.15) is 11.5 Å². The van der Waals surface area contributed by atoms with Gasteiger partial charge in [-0.1, -0.05) is 47.6 Å². The van der Waals surface area contributed by atoms with Gasteiger partial charge in [-0.15, -0.1) is 13.2 Å². The highest BCUT2D eigenvalue weighted by molar-refractivity contribution is 6.09. The van der Waals surface area contributed by atoms with E-state index in [4.69, 9.17) is 0 Å². The van der Waals surface area contributed by atoms with Gasteiger partial charge in [-0.05, 0) is 62.8 Å². The number of carbonyl (C=O) groups is 1. The van der Waals surface area contributed by atoms with E-state index in [-0.39, 0.29) is 22.8 Å². The Balaban J connectivity index is 2.42. The Morgan fingerprint density at radius 1 is 0.964 bits per heavy atom. The average Bonchev–Trinajstić information content (AvgIpc) is 2.66. The molecule has 3 nitrogen and oxygen atoms in total. The first kappa shape index (κ1) is 21.2. The predicted octanol–water partition coefficient (Wildman–Crippen LogP) is 6.01. The maximum Gasteiger partial charge on any atom is 0.189 e. The van der Waals surface area contributed by atoms with Crippen LogP contribution >= 0.6 is 0 Å². The van der Waals surface area contributed by atoms with Gasteiger partial charge in [0, 0.05) is 5.56 Å². The fourth-order valence-corrected chi connectivity index (χ4v) is 2.91. The Labute approximate surface area is 167 Å². The number of benzene rings is 2. The normalized spacial score (nSPS) is 10.9. The minimum Gasteiger partial charge on any atom is -0.507 e. The van der Waals surface area contributed by atoms with Crippen LogP contribution in [0.15, 0.2) is 66.8 Å². The number of aryl methyl sites for hydroxylation is 1. The number of phenolic OH excluding ortho intramolecular Hbond substituents is 2. The van der Waals surface area contributed by atoms with Crippen molar-refractivity contribution in [3.05, 3.63) is 89.0 Å². The molecular formula is C25H28O3. The SMILES string of the molecule is C=C(C)CCc1cc(C(=O)C=Cc2ccccc2)c(O)c(CCC(=C)C)c1O. The van der Waals surface area contributed by atoms with Gasteiger partial charge < -0.3 is 10.2 Å². The third-order valence-corrected chi connectivity index (χ3v) is 4.56. The Hall–Kier alpha value is -3.07. The summed E-state index contributed by atoms with van der Waals surface area (Å²) in [7, 11) is 0. The highest BCUT2D eigenvalue weighted by Gasteiger charge is 2.20. The van der Waals surface area contributed by atoms with E-state index in [0.717, 1.165) is 16.7 Å². The average molecular weight is 376 g/mol. The van der Waals surface area contributed by atoms with Gasteiger partial charge in [-0.25, -0.2) is 0 Å². The summed E-state index contributed by atoms with van der Waals surface area (Å²) in [5, 5.41) is 21.4. The number of ketones is 1. The quantitative estimate of drug-likeness (QED) is 0.320. The molecule has 2 rings (SSSR count). The Morgan fingerprint density at radius 2 is 1.57 bits per heavy atom. The fourth-order valence-electron chi connectivity index (χ4n) is 2.91. The van der Waals surface area contributed by atoms with Gasteiger partial charge in [0.25, 0.3) is 0 Å². The molecule has 0 amide bonds. The summed E-state index contributed by atoms with van der Waals surface area (Å²) in [6, 6.07) is 11.1. The molecule has 0 fully saturated rings. The van der Waals surface area contributed by atoms with Crippen LogP contribution in [0.25, 0.3) is 6.08 Å². The van der Waals surface area contributed by atoms with Gasteiger partial charge in [-0.3, -0.25) is 4.79 Å². The van der Waals surface area contributed by atoms with Crippen molar-refractivity contribution >= 4 is 11.9 Å². The van der Waals surface area contributed by atoms with Crippen molar-refractivity contribution in [1.29, 1.82) is 0 Å². The molecule has 0 aliphatic heterocycles. The van der Waals surface area contributed by atoms with E-state index in [9.17, 15) is 15.0 Å². The van der Waals surface area contributed by atoms with E-state index in [0.29, 0.717) is 36.8 Å². The van der Waals surface area contributed by atoms with Crippen LogP contribution < -0.4 is 0 Å². The molecule has 2 aromatic carbocycles. The first-order valence-corrected chi connectivity index (χ1v) is 9.42. The number of rotatable bonds is 9. The van der Waals surface area contributed by atoms with Crippen molar-refractivity contribution in [3.8, 4) is 11.5 Å². The lowest BCUT2D eigenvalue weighted by Gasteiger charge is -2.15. The minimum absolute atomic E-state index is 0.0589. The molecule has 0 aliphatic rings. The summed E-state index contributed by atoms with van der Waals surface area (Å²) in [5.74, 6) is -0.390. The maximum absolute atomic E-state index is 12.8. The molecule has 0 radical (unpaired) electrons. The summed E-state index contributed by atoms with van der Waals surface area (Å²) >= 11 is 0. The number of phenols is 2. The molecule has 0 atom stereocenters. The lowest BCUT2D eigenvalue weighted by molar-refractivity contribution is 0.104. The molecule has 0 aliphatic carbocycles. The third-order valence-electron chi connectivity index (χ3n) is 4.56. The second-order valence-corrected chi connectivity index (χ2v) is 7.28. The van der Waals surface area contributed by atoms with Crippen LogP contribution in [-0.4, -0.2) is 16.0 Å². The molecule has 2 N–H and O–H groups in total. The number of hydrogen-bond acceptors (Lipinski definition) is 3. The topological polar surface area (TPSA) is 57.5 Å². The summed E-state index contributed by atoms with van der Waals surface area (Å²) in [6.45, 7) is 11.6. The summed E-state index contributed by atoms with van der Waals surface area (Å²) in [4.78, 5) is 12.8. The van der Waals surface area contributed by atoms with Gasteiger partial charge in [0.2, 0.25) is 0 Å². The predicted molar refractivity (Wildman–Crippen MR) is 116 cm³/mol. The van der Waals surface area contributed by atoms with E-state index >= 15 is 0 Å². The van der Waals surface area contributed by atoms with Crippen LogP contribution in [0.3, 0.4) is 0 Å². The van der Waals surface area contributed by atoms with Crippen molar-refractivity contribution in [2.24, 2.45) is 0 Å². The standard InChI is InChI=1S/C25H28O3/c1-17(2)10-13-20-16-22(23(26)15-12-19-8-6-5-7-9-19)25(28)21(24(20)27)14-11-18(3)4/h5-9,12,15-16,27-28H,1,3,10-11,13-14H2,2,4H3. The monoisotopic (exact) mass is 376 g/mol. The second kappa shape index (κ2) is 9.75. The summed E-state index contributed by atoms with van der Waals surface area (Å²) in [5.41, 5.74) is 4.10. The van der Waals surface area contributed by atoms with Crippen molar-refractivity contribution < 1.29 is 15.0 Å². The van der Waals surface area contributed by atoms with E-state index in [1.54, 1.807) is 12.1 Å². The molecule has 0 unspecified atom stereocenters. The van der Waals surface area contributed by atoms with Crippen LogP contribution in [0.5, 0.6) is 11.5 Å². The van der Waals surface area contributed by atoms with Crippen LogP contribution in [0, 0.1) is 0 Å². The van der Waals surface area contributed by atoms with E-state index in [1.165, 1.54) is 6.08 Å². The van der Waals surface area contributed by atoms with Gasteiger partial charge in [0.15, 0.2) is 5.78 Å². The molecular weight excluding hydrogens is 348 g/mol. The fraction of sp³-hybridized carbons (Fsp3) is 0.240. The first-order chi connectivity index (χ1) is 13.3. The minimum atomic E-state index is -0.297. The molecule has 146 valence electrons. The largest absolute Gasteiger partial charge is 0.507 e. The summed E-state index contributed by atoms with van der Waals surface area (Å²) < 4.78 is 0. The first-order valence-electron chi connectivity index (χ1n) is 9.42. The molecule has 28 heavy (non-hydrogen) atoms. The van der Waals surface area contributed by atoms with Crippen LogP contribution in [0.1, 0.15) is 53.7 Å². The Morgan fingerprint density at radius 3 is 2.18 bits per heavy atom. The molecule has 0 aromatic heterocycles. The van der Waals surface area contributed by atoms with Crippen LogP contribution in [0.4, 0.5) is 0 Å². The molecule has 2 aromatic rings. The Kier molecular flexibility index (Phi) is 7.39. The van der Waals surface area contributed by atoms with Crippen molar-refractivity contribution in [1.82, 2.24) is 0 Å². The zero-order valence-electron chi connectivity index (χ0n) is 16.7. The lowest BCUT2D eigenvalue weighted by atomic mass is 9.93. The second-order valence-electron chi connectivity index (χ2n) is 7.28. The van der Waals surface area contributed by atoms with Gasteiger partial charge in [0.05, 0.1) is 5.56 Å².